The second-order valence-corrected chi connectivity index (χ2v) is 6.73. The predicted octanol–water partition coefficient (Wildman–Crippen LogP) is 3.61. The first-order valence-corrected chi connectivity index (χ1v) is 8.66. The van der Waals surface area contributed by atoms with Gasteiger partial charge in [0.1, 0.15) is 0 Å². The Hall–Kier alpha value is -2.95. The molecule has 5 heteroatoms. The van der Waals surface area contributed by atoms with Crippen LogP contribution in [0.2, 0.25) is 0 Å². The summed E-state index contributed by atoms with van der Waals surface area (Å²) in [5, 5.41) is 0. The number of hydrogen-bond donors (Lipinski definition) is 0. The molecule has 134 valence electrons. The highest BCUT2D eigenvalue weighted by Gasteiger charge is 2.41. The van der Waals surface area contributed by atoms with Crippen molar-refractivity contribution in [1.29, 1.82) is 0 Å². The van der Waals surface area contributed by atoms with E-state index in [2.05, 4.69) is 0 Å². The maximum Gasteiger partial charge on any atom is 0.308 e. The van der Waals surface area contributed by atoms with Crippen LogP contribution >= 0.6 is 0 Å². The number of carbonyl (C=O) groups excluding carboxylic acids is 3. The van der Waals surface area contributed by atoms with Crippen LogP contribution in [0.1, 0.15) is 52.6 Å². The molecule has 1 atom stereocenters. The molecule has 0 spiro atoms. The van der Waals surface area contributed by atoms with E-state index in [-0.39, 0.29) is 24.2 Å². The fraction of sp³-hybridized carbons (Fsp3) is 0.286. The zero-order chi connectivity index (χ0) is 18.7. The first-order valence-electron chi connectivity index (χ1n) is 8.66. The molecule has 0 aliphatic carbocycles. The monoisotopic (exact) mass is 351 g/mol. The predicted molar refractivity (Wildman–Crippen MR) is 96.5 cm³/mol. The first-order chi connectivity index (χ1) is 12.5. The van der Waals surface area contributed by atoms with Gasteiger partial charge in [-0.1, -0.05) is 56.3 Å². The van der Waals surface area contributed by atoms with E-state index in [1.165, 1.54) is 4.90 Å². The normalized spacial score (nSPS) is 14.5. The Kier molecular flexibility index (Phi) is 5.16. The fourth-order valence-corrected chi connectivity index (χ4v) is 3.00. The molecule has 0 N–H and O–H groups in total. The molecule has 1 heterocycles. The van der Waals surface area contributed by atoms with Crippen molar-refractivity contribution in [1.82, 2.24) is 4.90 Å². The number of amides is 2. The van der Waals surface area contributed by atoms with Gasteiger partial charge in [0.2, 0.25) is 0 Å². The van der Waals surface area contributed by atoms with E-state index in [9.17, 15) is 14.4 Å². The van der Waals surface area contributed by atoms with Crippen LogP contribution in [0.25, 0.3) is 0 Å². The molecule has 0 saturated heterocycles. The molecule has 1 aliphatic rings. The summed E-state index contributed by atoms with van der Waals surface area (Å²) in [6, 6.07) is 15.1. The van der Waals surface area contributed by atoms with Crippen LogP contribution < -0.4 is 0 Å². The van der Waals surface area contributed by atoms with Gasteiger partial charge >= 0.3 is 5.97 Å². The standard InChI is InChI=1S/C21H21NO4/c1-14(2)13-26-19(23)12-18(15-8-4-3-5-9-15)22-20(24)16-10-6-7-11-17(16)21(22)25/h3-11,14,18H,12-13H2,1-2H3/t18-/m0/s1. The highest BCUT2D eigenvalue weighted by molar-refractivity contribution is 6.21. The van der Waals surface area contributed by atoms with Gasteiger partial charge in [-0.25, -0.2) is 0 Å². The van der Waals surface area contributed by atoms with Gasteiger partial charge in [0.05, 0.1) is 30.2 Å². The molecule has 3 rings (SSSR count). The van der Waals surface area contributed by atoms with E-state index in [4.69, 9.17) is 4.74 Å². The Morgan fingerprint density at radius 2 is 1.46 bits per heavy atom. The van der Waals surface area contributed by atoms with E-state index in [1.807, 2.05) is 44.2 Å². The van der Waals surface area contributed by atoms with Gasteiger partial charge < -0.3 is 4.74 Å². The molecule has 0 unspecified atom stereocenters. The summed E-state index contributed by atoms with van der Waals surface area (Å²) >= 11 is 0. The Morgan fingerprint density at radius 1 is 0.923 bits per heavy atom. The molecule has 0 fully saturated rings. The minimum Gasteiger partial charge on any atom is -0.465 e. The lowest BCUT2D eigenvalue weighted by Crippen LogP contribution is -2.35. The first kappa shape index (κ1) is 17.9. The summed E-state index contributed by atoms with van der Waals surface area (Å²) in [5.74, 6) is -0.968. The molecule has 1 aliphatic heterocycles. The third kappa shape index (κ3) is 3.52. The minimum absolute atomic E-state index is 0.0673. The van der Waals surface area contributed by atoms with Gasteiger partial charge in [-0.15, -0.1) is 0 Å². The molecular weight excluding hydrogens is 330 g/mol. The second kappa shape index (κ2) is 7.52. The lowest BCUT2D eigenvalue weighted by Gasteiger charge is -2.26. The van der Waals surface area contributed by atoms with Crippen molar-refractivity contribution in [3.05, 3.63) is 71.3 Å². The highest BCUT2D eigenvalue weighted by Crippen LogP contribution is 2.33. The van der Waals surface area contributed by atoms with Crippen LogP contribution in [-0.2, 0) is 9.53 Å². The largest absolute Gasteiger partial charge is 0.465 e. The molecule has 2 aromatic carbocycles. The van der Waals surface area contributed by atoms with Crippen LogP contribution in [0.4, 0.5) is 0 Å². The fourth-order valence-electron chi connectivity index (χ4n) is 3.00. The van der Waals surface area contributed by atoms with Crippen LogP contribution in [0.15, 0.2) is 54.6 Å². The Bertz CT molecular complexity index is 794. The van der Waals surface area contributed by atoms with Crippen molar-refractivity contribution in [2.24, 2.45) is 5.92 Å². The Balaban J connectivity index is 1.91. The average Bonchev–Trinajstić information content (AvgIpc) is 2.90. The van der Waals surface area contributed by atoms with Gasteiger partial charge in [-0.05, 0) is 23.6 Å². The van der Waals surface area contributed by atoms with E-state index in [1.54, 1.807) is 24.3 Å². The average molecular weight is 351 g/mol. The number of esters is 1. The molecule has 26 heavy (non-hydrogen) atoms. The van der Waals surface area contributed by atoms with Crippen molar-refractivity contribution in [3.63, 3.8) is 0 Å². The topological polar surface area (TPSA) is 63.7 Å². The van der Waals surface area contributed by atoms with E-state index >= 15 is 0 Å². The summed E-state index contributed by atoms with van der Waals surface area (Å²) < 4.78 is 5.27. The third-order valence-corrected chi connectivity index (χ3v) is 4.26. The zero-order valence-electron chi connectivity index (χ0n) is 14.8. The van der Waals surface area contributed by atoms with E-state index < -0.39 is 12.0 Å². The van der Waals surface area contributed by atoms with E-state index in [0.717, 1.165) is 5.56 Å². The molecule has 2 aromatic rings. The zero-order valence-corrected chi connectivity index (χ0v) is 14.8. The Labute approximate surface area is 152 Å². The summed E-state index contributed by atoms with van der Waals surface area (Å²) in [6.45, 7) is 4.21. The number of hydrogen-bond acceptors (Lipinski definition) is 4. The maximum absolute atomic E-state index is 12.8. The van der Waals surface area contributed by atoms with Crippen molar-refractivity contribution in [3.8, 4) is 0 Å². The summed E-state index contributed by atoms with van der Waals surface area (Å²) in [5.41, 5.74) is 1.46. The van der Waals surface area contributed by atoms with Crippen LogP contribution in [-0.4, -0.2) is 29.3 Å². The van der Waals surface area contributed by atoms with Crippen LogP contribution in [0, 0.1) is 5.92 Å². The smallest absolute Gasteiger partial charge is 0.308 e. The quantitative estimate of drug-likeness (QED) is 0.589. The van der Waals surface area contributed by atoms with Crippen molar-refractivity contribution < 1.29 is 19.1 Å². The van der Waals surface area contributed by atoms with Gasteiger partial charge in [0.25, 0.3) is 11.8 Å². The molecule has 0 aromatic heterocycles. The van der Waals surface area contributed by atoms with Crippen molar-refractivity contribution in [2.75, 3.05) is 6.61 Å². The number of benzene rings is 2. The summed E-state index contributed by atoms with van der Waals surface area (Å²) in [6.07, 6.45) is -0.0673. The van der Waals surface area contributed by atoms with Crippen LogP contribution in [0.3, 0.4) is 0 Å². The second-order valence-electron chi connectivity index (χ2n) is 6.73. The highest BCUT2D eigenvalue weighted by atomic mass is 16.5. The van der Waals surface area contributed by atoms with Crippen LogP contribution in [0.5, 0.6) is 0 Å². The van der Waals surface area contributed by atoms with Gasteiger partial charge in [-0.2, -0.15) is 0 Å². The van der Waals surface area contributed by atoms with Gasteiger partial charge in [-0.3, -0.25) is 19.3 Å². The molecule has 0 saturated carbocycles. The van der Waals surface area contributed by atoms with Crippen molar-refractivity contribution in [2.45, 2.75) is 26.3 Å². The molecule has 0 bridgehead atoms. The number of nitrogens with zero attached hydrogens (tertiary/aromatic N) is 1. The molecular formula is C21H21NO4. The van der Waals surface area contributed by atoms with Gasteiger partial charge in [0.15, 0.2) is 0 Å². The number of imide groups is 1. The summed E-state index contributed by atoms with van der Waals surface area (Å²) in [4.78, 5) is 39.1. The molecule has 2 amide bonds. The minimum atomic E-state index is -0.691. The molecule has 5 nitrogen and oxygen atoms in total. The van der Waals surface area contributed by atoms with Crippen molar-refractivity contribution >= 4 is 17.8 Å². The number of ether oxygens (including phenoxy) is 1. The number of rotatable bonds is 6. The third-order valence-electron chi connectivity index (χ3n) is 4.26. The van der Waals surface area contributed by atoms with E-state index in [0.29, 0.717) is 17.7 Å². The lowest BCUT2D eigenvalue weighted by molar-refractivity contribution is -0.145. The SMILES string of the molecule is CC(C)COC(=O)C[C@@H](c1ccccc1)N1C(=O)c2ccccc2C1=O. The number of carbonyl (C=O) groups is 3. The Morgan fingerprint density at radius 3 is 2.00 bits per heavy atom. The number of fused-ring (bicyclic) bond motifs is 1. The maximum atomic E-state index is 12.8. The lowest BCUT2D eigenvalue weighted by atomic mass is 10.0. The summed E-state index contributed by atoms with van der Waals surface area (Å²) in [7, 11) is 0. The van der Waals surface area contributed by atoms with Gasteiger partial charge in [0, 0.05) is 0 Å². The molecule has 0 radical (unpaired) electrons.